The molecule has 1 heterocycles. The molecule has 4 rings (SSSR count). The Morgan fingerprint density at radius 1 is 1.08 bits per heavy atom. The van der Waals surface area contributed by atoms with Gasteiger partial charge in [0.25, 0.3) is 0 Å². The van der Waals surface area contributed by atoms with Crippen LogP contribution in [-0.2, 0) is 16.0 Å². The van der Waals surface area contributed by atoms with E-state index in [0.29, 0.717) is 72.1 Å². The Bertz CT molecular complexity index is 1210. The Balaban J connectivity index is 0.00000253. The van der Waals surface area contributed by atoms with Gasteiger partial charge in [-0.15, -0.1) is 12.2 Å². The summed E-state index contributed by atoms with van der Waals surface area (Å²) in [5.74, 6) is 0.221. The molecule has 0 N–H and O–H groups in total. The number of ether oxygens (including phenoxy) is 4. The molecule has 0 aliphatic carbocycles. The molecule has 7 nitrogen and oxygen atoms in total. The zero-order chi connectivity index (χ0) is 25.5. The molecule has 1 aliphatic heterocycles. The summed E-state index contributed by atoms with van der Waals surface area (Å²) < 4.78 is 22.3. The second kappa shape index (κ2) is 16.7. The molecular formula is C27H25Cl2KNNaO6. The predicted octanol–water partition coefficient (Wildman–Crippen LogP) is -0.317. The van der Waals surface area contributed by atoms with Gasteiger partial charge < -0.3 is 34.2 Å². The van der Waals surface area contributed by atoms with E-state index >= 15 is 0 Å². The number of carbonyl (C=O) groups is 1. The van der Waals surface area contributed by atoms with E-state index in [1.165, 1.54) is 0 Å². The average molecular weight is 592 g/mol. The molecule has 1 atom stereocenters. The summed E-state index contributed by atoms with van der Waals surface area (Å²) in [6.45, 7) is 1.80. The van der Waals surface area contributed by atoms with Crippen LogP contribution < -0.4 is 100 Å². The van der Waals surface area contributed by atoms with Gasteiger partial charge in [-0.25, -0.2) is 0 Å². The predicted molar refractivity (Wildman–Crippen MR) is 136 cm³/mol. The van der Waals surface area contributed by atoms with Gasteiger partial charge in [0, 0.05) is 35.6 Å². The molecule has 3 aromatic rings. The van der Waals surface area contributed by atoms with Crippen LogP contribution in [0.25, 0.3) is 5.32 Å². The quantitative estimate of drug-likeness (QED) is 0.224. The first kappa shape index (κ1) is 33.7. The molecule has 38 heavy (non-hydrogen) atoms. The number of carboxylic acid groups (broad SMARTS) is 1. The van der Waals surface area contributed by atoms with Crippen molar-refractivity contribution in [2.75, 3.05) is 33.5 Å². The molecule has 0 saturated carbocycles. The number of halogens is 2. The first-order valence-electron chi connectivity index (χ1n) is 11.5. The van der Waals surface area contributed by atoms with E-state index in [2.05, 4.69) is 5.32 Å². The van der Waals surface area contributed by atoms with Gasteiger partial charge in [0.2, 0.25) is 0 Å². The fourth-order valence-corrected chi connectivity index (χ4v) is 4.24. The molecule has 1 unspecified atom stereocenters. The van der Waals surface area contributed by atoms with Gasteiger partial charge in [0.15, 0.2) is 0 Å². The van der Waals surface area contributed by atoms with Crippen LogP contribution in [0, 0.1) is 0 Å². The first-order chi connectivity index (χ1) is 17.4. The number of aliphatic carboxylic acids is 1. The molecule has 1 aliphatic rings. The number of nitrogens with zero attached hydrogens (tertiary/aromatic N) is 1. The van der Waals surface area contributed by atoms with Gasteiger partial charge in [0.1, 0.15) is 29.6 Å². The van der Waals surface area contributed by atoms with Crippen LogP contribution in [0.4, 0.5) is 5.69 Å². The Morgan fingerprint density at radius 2 is 1.84 bits per heavy atom. The van der Waals surface area contributed by atoms with Crippen molar-refractivity contribution in [2.45, 2.75) is 18.8 Å². The van der Waals surface area contributed by atoms with Crippen molar-refractivity contribution in [1.82, 2.24) is 0 Å². The zero-order valence-electron chi connectivity index (χ0n) is 21.7. The van der Waals surface area contributed by atoms with Crippen LogP contribution in [0.1, 0.15) is 23.5 Å². The fourth-order valence-electron chi connectivity index (χ4n) is 3.87. The van der Waals surface area contributed by atoms with Crippen molar-refractivity contribution < 1.29 is 110 Å². The van der Waals surface area contributed by atoms with E-state index in [-0.39, 0.29) is 80.9 Å². The van der Waals surface area contributed by atoms with Gasteiger partial charge in [0.05, 0.1) is 18.2 Å². The Labute approximate surface area is 297 Å². The van der Waals surface area contributed by atoms with Crippen LogP contribution in [0.2, 0.25) is 10.0 Å². The number of methoxy groups -OCH3 is 1. The maximum atomic E-state index is 11.4. The number of benzene rings is 3. The maximum absolute atomic E-state index is 11.4. The van der Waals surface area contributed by atoms with Crippen LogP contribution in [-0.4, -0.2) is 39.4 Å². The van der Waals surface area contributed by atoms with Crippen LogP contribution in [0.15, 0.2) is 54.6 Å². The third-order valence-electron chi connectivity index (χ3n) is 5.70. The Morgan fingerprint density at radius 3 is 2.55 bits per heavy atom. The first-order valence-corrected chi connectivity index (χ1v) is 12.2. The van der Waals surface area contributed by atoms with E-state index in [1.54, 1.807) is 37.4 Å². The standard InChI is InChI=1S/C27H26Cl2NO6.K.Na/c1-33-12-13-35-24-14-18(28)3-2-17(24)8-10-30-19-4-6-20(7-5-19)36-26-16-25-22(15-23(26)29)21(27(31)32)9-11-34-25;;/h2-7,14-16,21H,8-13H2,1H3,(H,31,32);;/q-1;2*+1/p-1. The van der Waals surface area contributed by atoms with E-state index in [4.69, 9.17) is 42.1 Å². The molecule has 0 fully saturated rings. The van der Waals surface area contributed by atoms with Gasteiger partial charge in [-0.1, -0.05) is 41.4 Å². The summed E-state index contributed by atoms with van der Waals surface area (Å²) >= 11 is 12.5. The van der Waals surface area contributed by atoms with Gasteiger partial charge in [-0.05, 0) is 48.7 Å². The Hall–Kier alpha value is -0.494. The Kier molecular flexibility index (Phi) is 14.8. The second-order valence-electron chi connectivity index (χ2n) is 8.15. The molecule has 3 aromatic carbocycles. The average Bonchev–Trinajstić information content (AvgIpc) is 2.86. The minimum Gasteiger partial charge on any atom is -0.684 e. The normalized spacial score (nSPS) is 13.7. The largest absolute Gasteiger partial charge is 1.00 e. The summed E-state index contributed by atoms with van der Waals surface area (Å²) in [5.41, 5.74) is 2.32. The van der Waals surface area contributed by atoms with Gasteiger partial charge in [-0.2, -0.15) is 0 Å². The molecule has 0 radical (unpaired) electrons. The van der Waals surface area contributed by atoms with E-state index in [0.717, 1.165) is 17.0 Å². The number of hydrogen-bond donors (Lipinski definition) is 0. The SMILES string of the molecule is COCCOc1cc(Cl)ccc1CC[N-]c1ccc(Oc2cc3c(cc2Cl)C(C(=O)[O-])CCO3)cc1.[K+].[Na+]. The van der Waals surface area contributed by atoms with E-state index < -0.39 is 11.9 Å². The topological polar surface area (TPSA) is 91.2 Å². The minimum absolute atomic E-state index is 0. The summed E-state index contributed by atoms with van der Waals surface area (Å²) in [5, 5.41) is 17.0. The number of rotatable bonds is 11. The van der Waals surface area contributed by atoms with Crippen LogP contribution in [0.5, 0.6) is 23.0 Å². The van der Waals surface area contributed by atoms with Crippen molar-refractivity contribution >= 4 is 34.9 Å². The number of carboxylic acids is 1. The van der Waals surface area contributed by atoms with Crippen molar-refractivity contribution in [3.05, 3.63) is 81.1 Å². The smallest absolute Gasteiger partial charge is 0.684 e. The molecule has 190 valence electrons. The van der Waals surface area contributed by atoms with Crippen molar-refractivity contribution in [3.8, 4) is 23.0 Å². The van der Waals surface area contributed by atoms with Crippen molar-refractivity contribution in [2.24, 2.45) is 0 Å². The maximum Gasteiger partial charge on any atom is 1.00 e. The summed E-state index contributed by atoms with van der Waals surface area (Å²) in [6, 6.07) is 16.0. The molecule has 0 saturated heterocycles. The summed E-state index contributed by atoms with van der Waals surface area (Å²) in [7, 11) is 1.63. The number of hydrogen-bond acceptors (Lipinski definition) is 6. The van der Waals surface area contributed by atoms with E-state index in [1.807, 2.05) is 24.3 Å². The summed E-state index contributed by atoms with van der Waals surface area (Å²) in [6.07, 6.45) is 1.03. The molecule has 0 aromatic heterocycles. The summed E-state index contributed by atoms with van der Waals surface area (Å²) in [4.78, 5) is 11.4. The monoisotopic (exact) mass is 591 g/mol. The minimum atomic E-state index is -1.14. The van der Waals surface area contributed by atoms with Crippen LogP contribution in [0.3, 0.4) is 0 Å². The molecule has 11 heteroatoms. The molecular weight excluding hydrogens is 567 g/mol. The zero-order valence-corrected chi connectivity index (χ0v) is 28.3. The second-order valence-corrected chi connectivity index (χ2v) is 8.99. The number of carbonyl (C=O) groups excluding carboxylic acids is 1. The third kappa shape index (κ3) is 9.28. The van der Waals surface area contributed by atoms with Crippen molar-refractivity contribution in [1.29, 1.82) is 0 Å². The van der Waals surface area contributed by atoms with Crippen LogP contribution >= 0.6 is 23.2 Å². The third-order valence-corrected chi connectivity index (χ3v) is 6.23. The number of fused-ring (bicyclic) bond motifs is 1. The van der Waals surface area contributed by atoms with Gasteiger partial charge >= 0.3 is 80.9 Å². The molecule has 0 bridgehead atoms. The fraction of sp³-hybridized carbons (Fsp3) is 0.296. The van der Waals surface area contributed by atoms with Crippen molar-refractivity contribution in [3.63, 3.8) is 0 Å². The van der Waals surface area contributed by atoms with E-state index in [9.17, 15) is 9.90 Å². The molecule has 0 amide bonds. The van der Waals surface area contributed by atoms with Gasteiger partial charge in [-0.3, -0.25) is 0 Å². The molecule has 0 spiro atoms.